The van der Waals surface area contributed by atoms with Crippen LogP contribution in [-0.2, 0) is 6.54 Å². The van der Waals surface area contributed by atoms with E-state index in [2.05, 4.69) is 96.9 Å². The Morgan fingerprint density at radius 3 is 1.78 bits per heavy atom. The maximum absolute atomic E-state index is 2.31. The molecule has 0 aliphatic carbocycles. The minimum absolute atomic E-state index is 0.895. The summed E-state index contributed by atoms with van der Waals surface area (Å²) in [6.45, 7) is 0.895. The van der Waals surface area contributed by atoms with Crippen LogP contribution >= 0.6 is 0 Å². The minimum Gasteiger partial charge on any atom is -0.370 e. The Kier molecular flexibility index (Phi) is 3.47. The smallest absolute Gasteiger partial charge is 0.0438 e. The van der Waals surface area contributed by atoms with Gasteiger partial charge in [0.15, 0.2) is 0 Å². The van der Waals surface area contributed by atoms with Crippen molar-refractivity contribution in [3.8, 4) is 0 Å². The highest BCUT2D eigenvalue weighted by Gasteiger charge is 2.10. The molecule has 0 amide bonds. The van der Waals surface area contributed by atoms with Crippen LogP contribution in [0.5, 0.6) is 0 Å². The Labute approximate surface area is 136 Å². The molecule has 0 saturated carbocycles. The van der Waals surface area contributed by atoms with Gasteiger partial charge < -0.3 is 4.90 Å². The first-order valence-electron chi connectivity index (χ1n) is 7.98. The zero-order valence-electron chi connectivity index (χ0n) is 13.2. The van der Waals surface area contributed by atoms with E-state index < -0.39 is 0 Å². The van der Waals surface area contributed by atoms with Crippen LogP contribution in [0.4, 0.5) is 5.69 Å². The predicted molar refractivity (Wildman–Crippen MR) is 100 cm³/mol. The van der Waals surface area contributed by atoms with Crippen molar-refractivity contribution in [1.29, 1.82) is 0 Å². The standard InChI is InChI=1S/C22H19N/c1-23(19-11-3-2-4-12-19)16-22-20-13-7-5-9-17(20)15-18-10-6-8-14-21(18)22/h2-15H,16H2,1H3. The molecule has 0 bridgehead atoms. The number of hydrogen-bond donors (Lipinski definition) is 0. The molecule has 0 unspecified atom stereocenters. The van der Waals surface area contributed by atoms with Crippen LogP contribution in [0.15, 0.2) is 84.9 Å². The molecule has 112 valence electrons. The van der Waals surface area contributed by atoms with Crippen LogP contribution in [-0.4, -0.2) is 7.05 Å². The monoisotopic (exact) mass is 297 g/mol. The lowest BCUT2D eigenvalue weighted by atomic mass is 9.96. The van der Waals surface area contributed by atoms with Gasteiger partial charge in [-0.1, -0.05) is 66.7 Å². The second kappa shape index (κ2) is 5.77. The molecule has 0 fully saturated rings. The van der Waals surface area contributed by atoms with Gasteiger partial charge in [0.1, 0.15) is 0 Å². The van der Waals surface area contributed by atoms with Gasteiger partial charge in [-0.2, -0.15) is 0 Å². The van der Waals surface area contributed by atoms with Crippen molar-refractivity contribution in [3.05, 3.63) is 90.5 Å². The number of hydrogen-bond acceptors (Lipinski definition) is 1. The van der Waals surface area contributed by atoms with Crippen LogP contribution in [0.3, 0.4) is 0 Å². The molecule has 4 aromatic carbocycles. The number of fused-ring (bicyclic) bond motifs is 2. The number of para-hydroxylation sites is 1. The summed E-state index contributed by atoms with van der Waals surface area (Å²) in [5, 5.41) is 5.30. The van der Waals surface area contributed by atoms with Crippen LogP contribution in [0.25, 0.3) is 21.5 Å². The minimum atomic E-state index is 0.895. The third-order valence-electron chi connectivity index (χ3n) is 4.48. The third-order valence-corrected chi connectivity index (χ3v) is 4.48. The molecule has 0 aliphatic rings. The fourth-order valence-corrected chi connectivity index (χ4v) is 3.29. The van der Waals surface area contributed by atoms with Gasteiger partial charge in [0.2, 0.25) is 0 Å². The van der Waals surface area contributed by atoms with Crippen LogP contribution in [0.2, 0.25) is 0 Å². The Morgan fingerprint density at radius 1 is 0.652 bits per heavy atom. The van der Waals surface area contributed by atoms with E-state index in [0.29, 0.717) is 0 Å². The highest BCUT2D eigenvalue weighted by molar-refractivity contribution is 6.02. The first-order valence-corrected chi connectivity index (χ1v) is 7.98. The molecule has 0 spiro atoms. The number of anilines is 1. The maximum atomic E-state index is 2.31. The van der Waals surface area contributed by atoms with Crippen molar-refractivity contribution in [3.63, 3.8) is 0 Å². The Bertz CT molecular complexity index is 903. The average molecular weight is 297 g/mol. The van der Waals surface area contributed by atoms with Gasteiger partial charge >= 0.3 is 0 Å². The van der Waals surface area contributed by atoms with E-state index in [1.807, 2.05) is 0 Å². The summed E-state index contributed by atoms with van der Waals surface area (Å²) in [5.41, 5.74) is 2.63. The van der Waals surface area contributed by atoms with E-state index in [-0.39, 0.29) is 0 Å². The highest BCUT2D eigenvalue weighted by Crippen LogP contribution is 2.30. The van der Waals surface area contributed by atoms with E-state index >= 15 is 0 Å². The molecule has 0 radical (unpaired) electrons. The van der Waals surface area contributed by atoms with Gasteiger partial charge in [-0.05, 0) is 45.3 Å². The van der Waals surface area contributed by atoms with Crippen molar-refractivity contribution in [1.82, 2.24) is 0 Å². The third kappa shape index (κ3) is 2.55. The van der Waals surface area contributed by atoms with Crippen LogP contribution in [0, 0.1) is 0 Å². The molecule has 0 atom stereocenters. The lowest BCUT2D eigenvalue weighted by Gasteiger charge is -2.22. The van der Waals surface area contributed by atoms with Crippen molar-refractivity contribution >= 4 is 27.2 Å². The number of rotatable bonds is 3. The molecule has 0 saturated heterocycles. The summed E-state index contributed by atoms with van der Waals surface area (Å²) in [6.07, 6.45) is 0. The van der Waals surface area contributed by atoms with E-state index in [0.717, 1.165) is 6.54 Å². The fourth-order valence-electron chi connectivity index (χ4n) is 3.29. The van der Waals surface area contributed by atoms with Crippen molar-refractivity contribution in [2.24, 2.45) is 0 Å². The van der Waals surface area contributed by atoms with Crippen molar-refractivity contribution in [2.75, 3.05) is 11.9 Å². The van der Waals surface area contributed by atoms with E-state index in [9.17, 15) is 0 Å². The summed E-state index contributed by atoms with van der Waals surface area (Å²) >= 11 is 0. The van der Waals surface area contributed by atoms with E-state index in [1.165, 1.54) is 32.8 Å². The van der Waals surface area contributed by atoms with Gasteiger partial charge in [0.25, 0.3) is 0 Å². The Balaban J connectivity index is 1.89. The molecular formula is C22H19N. The topological polar surface area (TPSA) is 3.24 Å². The molecule has 1 heteroatoms. The number of nitrogens with zero attached hydrogens (tertiary/aromatic N) is 1. The van der Waals surface area contributed by atoms with Crippen molar-refractivity contribution < 1.29 is 0 Å². The van der Waals surface area contributed by atoms with E-state index in [4.69, 9.17) is 0 Å². The normalized spacial score (nSPS) is 11.0. The van der Waals surface area contributed by atoms with Crippen molar-refractivity contribution in [2.45, 2.75) is 6.54 Å². The second-order valence-electron chi connectivity index (χ2n) is 5.99. The SMILES string of the molecule is CN(Cc1c2ccccc2cc2ccccc12)c1ccccc1. The Hall–Kier alpha value is -2.80. The quantitative estimate of drug-likeness (QED) is 0.443. The summed E-state index contributed by atoms with van der Waals surface area (Å²) in [6, 6.07) is 30.2. The van der Waals surface area contributed by atoms with Gasteiger partial charge in [0, 0.05) is 19.3 Å². The molecule has 23 heavy (non-hydrogen) atoms. The van der Waals surface area contributed by atoms with Crippen LogP contribution in [0.1, 0.15) is 5.56 Å². The zero-order chi connectivity index (χ0) is 15.6. The fraction of sp³-hybridized carbons (Fsp3) is 0.0909. The van der Waals surface area contributed by atoms with Gasteiger partial charge in [-0.25, -0.2) is 0 Å². The van der Waals surface area contributed by atoms with Gasteiger partial charge in [-0.3, -0.25) is 0 Å². The molecule has 4 aromatic rings. The molecule has 4 rings (SSSR count). The maximum Gasteiger partial charge on any atom is 0.0438 e. The summed E-state index contributed by atoms with van der Waals surface area (Å²) in [5.74, 6) is 0. The largest absolute Gasteiger partial charge is 0.370 e. The Morgan fingerprint density at radius 2 is 1.17 bits per heavy atom. The van der Waals surface area contributed by atoms with Crippen LogP contribution < -0.4 is 4.90 Å². The summed E-state index contributed by atoms with van der Waals surface area (Å²) < 4.78 is 0. The molecular weight excluding hydrogens is 278 g/mol. The van der Waals surface area contributed by atoms with Gasteiger partial charge in [-0.15, -0.1) is 0 Å². The lowest BCUT2D eigenvalue weighted by molar-refractivity contribution is 0.937. The predicted octanol–water partition coefficient (Wildman–Crippen LogP) is 5.63. The average Bonchev–Trinajstić information content (AvgIpc) is 2.62. The summed E-state index contributed by atoms with van der Waals surface area (Å²) in [4.78, 5) is 2.31. The molecule has 0 aromatic heterocycles. The van der Waals surface area contributed by atoms with Gasteiger partial charge in [0.05, 0.1) is 0 Å². The first kappa shape index (κ1) is 13.8. The molecule has 0 N–H and O–H groups in total. The molecule has 0 aliphatic heterocycles. The summed E-state index contributed by atoms with van der Waals surface area (Å²) in [7, 11) is 2.16. The molecule has 1 nitrogen and oxygen atoms in total. The highest BCUT2D eigenvalue weighted by atomic mass is 15.1. The lowest BCUT2D eigenvalue weighted by Crippen LogP contribution is -2.16. The zero-order valence-corrected chi connectivity index (χ0v) is 13.2. The second-order valence-corrected chi connectivity index (χ2v) is 5.99. The molecule has 0 heterocycles. The first-order chi connectivity index (χ1) is 11.3. The van der Waals surface area contributed by atoms with E-state index in [1.54, 1.807) is 0 Å². The number of benzene rings is 4.